The van der Waals surface area contributed by atoms with E-state index in [1.807, 2.05) is 6.92 Å². The van der Waals surface area contributed by atoms with E-state index in [9.17, 15) is 0 Å². The fourth-order valence-corrected chi connectivity index (χ4v) is 2.41. The molecule has 0 amide bonds. The first-order chi connectivity index (χ1) is 9.58. The van der Waals surface area contributed by atoms with Crippen LogP contribution in [0.25, 0.3) is 0 Å². The fourth-order valence-electron chi connectivity index (χ4n) is 2.06. The molecule has 0 heterocycles. The predicted molar refractivity (Wildman–Crippen MR) is 90.5 cm³/mol. The van der Waals surface area contributed by atoms with E-state index in [0.717, 1.165) is 37.3 Å². The second kappa shape index (κ2) is 9.37. The molecule has 0 radical (unpaired) electrons. The van der Waals surface area contributed by atoms with Crippen LogP contribution in [0.1, 0.15) is 33.3 Å². The number of hydrogen-bond acceptors (Lipinski definition) is 3. The Morgan fingerprint density at radius 3 is 2.65 bits per heavy atom. The molecule has 1 aromatic rings. The highest BCUT2D eigenvalue weighted by molar-refractivity contribution is 9.10. The SMILES string of the molecule is CCOCCN(CC)c1cc(Br)ccc1CNC(C)C. The summed E-state index contributed by atoms with van der Waals surface area (Å²) in [6.07, 6.45) is 0. The van der Waals surface area contributed by atoms with Crippen LogP contribution in [0.2, 0.25) is 0 Å². The van der Waals surface area contributed by atoms with Crippen LogP contribution in [0.15, 0.2) is 22.7 Å². The Bertz CT molecular complexity index is 396. The molecule has 1 rings (SSSR count). The van der Waals surface area contributed by atoms with E-state index < -0.39 is 0 Å². The molecule has 0 atom stereocenters. The van der Waals surface area contributed by atoms with Gasteiger partial charge in [-0.25, -0.2) is 0 Å². The maximum absolute atomic E-state index is 5.49. The van der Waals surface area contributed by atoms with Crippen molar-refractivity contribution >= 4 is 21.6 Å². The molecule has 0 fully saturated rings. The van der Waals surface area contributed by atoms with Crippen LogP contribution < -0.4 is 10.2 Å². The number of rotatable bonds is 9. The fraction of sp³-hybridized carbons (Fsp3) is 0.625. The molecule has 1 aromatic carbocycles. The first-order valence-corrected chi connectivity index (χ1v) is 8.22. The van der Waals surface area contributed by atoms with E-state index >= 15 is 0 Å². The Kier molecular flexibility index (Phi) is 8.19. The maximum Gasteiger partial charge on any atom is 0.0641 e. The van der Waals surface area contributed by atoms with E-state index in [-0.39, 0.29) is 0 Å². The van der Waals surface area contributed by atoms with E-state index in [2.05, 4.69) is 65.1 Å². The molecule has 0 saturated heterocycles. The van der Waals surface area contributed by atoms with Gasteiger partial charge in [0.1, 0.15) is 0 Å². The smallest absolute Gasteiger partial charge is 0.0641 e. The van der Waals surface area contributed by atoms with Gasteiger partial charge in [-0.1, -0.05) is 35.8 Å². The zero-order chi connectivity index (χ0) is 15.0. The highest BCUT2D eigenvalue weighted by Gasteiger charge is 2.10. The highest BCUT2D eigenvalue weighted by atomic mass is 79.9. The summed E-state index contributed by atoms with van der Waals surface area (Å²) < 4.78 is 6.61. The van der Waals surface area contributed by atoms with Gasteiger partial charge in [0.2, 0.25) is 0 Å². The van der Waals surface area contributed by atoms with Crippen LogP contribution in [0.5, 0.6) is 0 Å². The molecule has 0 aromatic heterocycles. The molecule has 1 N–H and O–H groups in total. The number of nitrogens with one attached hydrogen (secondary N) is 1. The van der Waals surface area contributed by atoms with Gasteiger partial charge in [0.25, 0.3) is 0 Å². The Morgan fingerprint density at radius 1 is 1.30 bits per heavy atom. The quantitative estimate of drug-likeness (QED) is 0.690. The lowest BCUT2D eigenvalue weighted by Gasteiger charge is -2.26. The molecule has 0 bridgehead atoms. The van der Waals surface area contributed by atoms with Crippen molar-refractivity contribution in [3.63, 3.8) is 0 Å². The number of nitrogens with zero attached hydrogens (tertiary/aromatic N) is 1. The molecular formula is C16H27BrN2O. The standard InChI is InChI=1S/C16H27BrN2O/c1-5-19(9-10-20-6-2)16-11-15(17)8-7-14(16)12-18-13(3)4/h7-8,11,13,18H,5-6,9-10,12H2,1-4H3. The van der Waals surface area contributed by atoms with Gasteiger partial charge in [0.05, 0.1) is 6.61 Å². The van der Waals surface area contributed by atoms with Gasteiger partial charge in [-0.05, 0) is 31.5 Å². The number of hydrogen-bond donors (Lipinski definition) is 1. The first-order valence-electron chi connectivity index (χ1n) is 7.43. The third-order valence-corrected chi connectivity index (χ3v) is 3.67. The summed E-state index contributed by atoms with van der Waals surface area (Å²) in [7, 11) is 0. The lowest BCUT2D eigenvalue weighted by molar-refractivity contribution is 0.154. The minimum atomic E-state index is 0.491. The van der Waals surface area contributed by atoms with E-state index in [4.69, 9.17) is 4.74 Å². The van der Waals surface area contributed by atoms with Gasteiger partial charge >= 0.3 is 0 Å². The number of ether oxygens (including phenoxy) is 1. The van der Waals surface area contributed by atoms with Crippen molar-refractivity contribution in [3.05, 3.63) is 28.2 Å². The Hall–Kier alpha value is -0.580. The molecule has 0 aliphatic heterocycles. The lowest BCUT2D eigenvalue weighted by atomic mass is 10.1. The van der Waals surface area contributed by atoms with Crippen molar-refractivity contribution in [3.8, 4) is 0 Å². The molecule has 0 saturated carbocycles. The molecule has 0 spiro atoms. The van der Waals surface area contributed by atoms with Crippen molar-refractivity contribution in [2.24, 2.45) is 0 Å². The van der Waals surface area contributed by atoms with Crippen LogP contribution >= 0.6 is 15.9 Å². The lowest BCUT2D eigenvalue weighted by Crippen LogP contribution is -2.29. The van der Waals surface area contributed by atoms with Crippen molar-refractivity contribution in [1.29, 1.82) is 0 Å². The summed E-state index contributed by atoms with van der Waals surface area (Å²) in [5, 5.41) is 3.49. The van der Waals surface area contributed by atoms with E-state index in [0.29, 0.717) is 6.04 Å². The topological polar surface area (TPSA) is 24.5 Å². The third kappa shape index (κ3) is 5.81. The molecule has 0 unspecified atom stereocenters. The second-order valence-corrected chi connectivity index (χ2v) is 6.00. The van der Waals surface area contributed by atoms with Gasteiger partial charge in [0.15, 0.2) is 0 Å². The summed E-state index contributed by atoms with van der Waals surface area (Å²) in [4.78, 5) is 2.37. The second-order valence-electron chi connectivity index (χ2n) is 5.09. The van der Waals surface area contributed by atoms with Gasteiger partial charge in [-0.2, -0.15) is 0 Å². The van der Waals surface area contributed by atoms with Crippen molar-refractivity contribution < 1.29 is 4.74 Å². The number of benzene rings is 1. The normalized spacial score (nSPS) is 11.1. The van der Waals surface area contributed by atoms with Crippen LogP contribution in [-0.4, -0.2) is 32.3 Å². The highest BCUT2D eigenvalue weighted by Crippen LogP contribution is 2.25. The van der Waals surface area contributed by atoms with Gasteiger partial charge in [0, 0.05) is 42.4 Å². The van der Waals surface area contributed by atoms with Crippen molar-refractivity contribution in [2.75, 3.05) is 31.2 Å². The molecule has 0 aliphatic rings. The minimum absolute atomic E-state index is 0.491. The summed E-state index contributed by atoms with van der Waals surface area (Å²) in [6, 6.07) is 6.99. The summed E-state index contributed by atoms with van der Waals surface area (Å²) in [5.74, 6) is 0. The zero-order valence-corrected chi connectivity index (χ0v) is 14.7. The van der Waals surface area contributed by atoms with Gasteiger partial charge in [-0.3, -0.25) is 0 Å². The molecular weight excluding hydrogens is 316 g/mol. The molecule has 114 valence electrons. The van der Waals surface area contributed by atoms with Gasteiger partial charge in [-0.15, -0.1) is 0 Å². The summed E-state index contributed by atoms with van der Waals surface area (Å²) in [5.41, 5.74) is 2.62. The Labute approximate surface area is 131 Å². The Morgan fingerprint density at radius 2 is 2.05 bits per heavy atom. The van der Waals surface area contributed by atoms with E-state index in [1.165, 1.54) is 11.3 Å². The number of halogens is 1. The minimum Gasteiger partial charge on any atom is -0.380 e. The summed E-state index contributed by atoms with van der Waals surface area (Å²) >= 11 is 3.58. The van der Waals surface area contributed by atoms with Gasteiger partial charge < -0.3 is 15.0 Å². The average molecular weight is 343 g/mol. The maximum atomic E-state index is 5.49. The largest absolute Gasteiger partial charge is 0.380 e. The van der Waals surface area contributed by atoms with Crippen LogP contribution in [0, 0.1) is 0 Å². The number of anilines is 1. The molecule has 20 heavy (non-hydrogen) atoms. The van der Waals surface area contributed by atoms with Crippen LogP contribution in [-0.2, 0) is 11.3 Å². The monoisotopic (exact) mass is 342 g/mol. The third-order valence-electron chi connectivity index (χ3n) is 3.18. The molecule has 4 heteroatoms. The zero-order valence-electron chi connectivity index (χ0n) is 13.1. The Balaban J connectivity index is 2.84. The van der Waals surface area contributed by atoms with Crippen LogP contribution in [0.4, 0.5) is 5.69 Å². The summed E-state index contributed by atoms with van der Waals surface area (Å²) in [6.45, 7) is 12.9. The first kappa shape index (κ1) is 17.5. The number of likely N-dealkylation sites (N-methyl/N-ethyl adjacent to an activating group) is 1. The molecule has 3 nitrogen and oxygen atoms in total. The van der Waals surface area contributed by atoms with E-state index in [1.54, 1.807) is 0 Å². The van der Waals surface area contributed by atoms with Crippen LogP contribution in [0.3, 0.4) is 0 Å². The predicted octanol–water partition coefficient (Wildman–Crippen LogP) is 3.81. The van der Waals surface area contributed by atoms with Crippen molar-refractivity contribution in [1.82, 2.24) is 5.32 Å². The molecule has 0 aliphatic carbocycles. The van der Waals surface area contributed by atoms with Crippen molar-refractivity contribution in [2.45, 2.75) is 40.3 Å². The average Bonchev–Trinajstić information content (AvgIpc) is 2.42.